The van der Waals surface area contributed by atoms with E-state index < -0.39 is 0 Å². The fourth-order valence-corrected chi connectivity index (χ4v) is 3.35. The molecule has 0 fully saturated rings. The highest BCUT2D eigenvalue weighted by atomic mass is 16.6. The molecule has 3 heterocycles. The van der Waals surface area contributed by atoms with Gasteiger partial charge in [-0.1, -0.05) is 30.3 Å². The Labute approximate surface area is 160 Å². The van der Waals surface area contributed by atoms with Crippen LogP contribution < -0.4 is 14.8 Å². The van der Waals surface area contributed by atoms with Crippen LogP contribution in [-0.2, 0) is 6.54 Å². The fourth-order valence-electron chi connectivity index (χ4n) is 3.35. The van der Waals surface area contributed by atoms with Crippen LogP contribution in [0.15, 0.2) is 67.1 Å². The summed E-state index contributed by atoms with van der Waals surface area (Å²) in [6.07, 6.45) is 4.99. The third kappa shape index (κ3) is 3.07. The van der Waals surface area contributed by atoms with Gasteiger partial charge in [-0.3, -0.25) is 9.48 Å². The fraction of sp³-hybridized carbons (Fsp3) is 0.143. The van der Waals surface area contributed by atoms with Crippen molar-refractivity contribution < 1.29 is 14.3 Å². The maximum absolute atomic E-state index is 12.6. The molecule has 7 heteroatoms. The smallest absolute Gasteiger partial charge is 0.257 e. The molecule has 2 aromatic carbocycles. The Kier molecular flexibility index (Phi) is 3.97. The predicted molar refractivity (Wildman–Crippen MR) is 105 cm³/mol. The summed E-state index contributed by atoms with van der Waals surface area (Å²) in [5, 5.41) is 8.10. The number of nitrogens with one attached hydrogen (secondary N) is 2. The Morgan fingerprint density at radius 1 is 1.18 bits per heavy atom. The van der Waals surface area contributed by atoms with Crippen LogP contribution >= 0.6 is 0 Å². The number of hydrogen-bond donors (Lipinski definition) is 2. The Hall–Kier alpha value is -3.74. The van der Waals surface area contributed by atoms with Crippen molar-refractivity contribution in [2.24, 2.45) is 0 Å². The molecule has 0 saturated carbocycles. The number of ether oxygens (including phenoxy) is 2. The average Bonchev–Trinajstić information content (AvgIpc) is 3.34. The van der Waals surface area contributed by atoms with Gasteiger partial charge in [-0.2, -0.15) is 5.10 Å². The maximum Gasteiger partial charge on any atom is 0.257 e. The Morgan fingerprint density at radius 3 is 2.93 bits per heavy atom. The summed E-state index contributed by atoms with van der Waals surface area (Å²) >= 11 is 0. The Morgan fingerprint density at radius 2 is 2.00 bits per heavy atom. The highest BCUT2D eigenvalue weighted by molar-refractivity contribution is 6.12. The van der Waals surface area contributed by atoms with Crippen molar-refractivity contribution >= 4 is 22.5 Å². The number of aromatic nitrogens is 3. The number of amides is 1. The van der Waals surface area contributed by atoms with Crippen molar-refractivity contribution in [3.63, 3.8) is 0 Å². The van der Waals surface area contributed by atoms with Gasteiger partial charge in [-0.15, -0.1) is 0 Å². The summed E-state index contributed by atoms with van der Waals surface area (Å²) in [6.45, 7) is 0.977. The second kappa shape index (κ2) is 6.77. The number of fused-ring (bicyclic) bond motifs is 2. The second-order valence-electron chi connectivity index (χ2n) is 6.65. The van der Waals surface area contributed by atoms with E-state index in [1.165, 1.54) is 0 Å². The molecule has 0 saturated heterocycles. The van der Waals surface area contributed by atoms with Gasteiger partial charge in [-0.25, -0.2) is 0 Å². The van der Waals surface area contributed by atoms with E-state index in [0.29, 0.717) is 24.4 Å². The normalized spacial score (nSPS) is 15.5. The summed E-state index contributed by atoms with van der Waals surface area (Å²) in [7, 11) is 0. The molecule has 140 valence electrons. The van der Waals surface area contributed by atoms with Crippen molar-refractivity contribution in [3.8, 4) is 11.5 Å². The van der Waals surface area contributed by atoms with E-state index in [4.69, 9.17) is 9.47 Å². The lowest BCUT2D eigenvalue weighted by molar-refractivity contribution is 0.0759. The van der Waals surface area contributed by atoms with Gasteiger partial charge in [0.2, 0.25) is 0 Å². The Bertz CT molecular complexity index is 1150. The van der Waals surface area contributed by atoms with Crippen molar-refractivity contribution in [3.05, 3.63) is 72.7 Å². The van der Waals surface area contributed by atoms with Crippen molar-refractivity contribution in [2.45, 2.75) is 12.6 Å². The number of carbonyl (C=O) groups is 1. The third-order valence-electron chi connectivity index (χ3n) is 4.68. The minimum Gasteiger partial charge on any atom is -0.486 e. The number of aromatic amines is 1. The monoisotopic (exact) mass is 374 g/mol. The van der Waals surface area contributed by atoms with Gasteiger partial charge in [-0.05, 0) is 18.2 Å². The highest BCUT2D eigenvalue weighted by Crippen LogP contribution is 2.31. The molecule has 4 aromatic rings. The molecule has 7 nitrogen and oxygen atoms in total. The summed E-state index contributed by atoms with van der Waals surface area (Å²) < 4.78 is 13.4. The van der Waals surface area contributed by atoms with Gasteiger partial charge >= 0.3 is 0 Å². The highest BCUT2D eigenvalue weighted by Gasteiger charge is 2.21. The van der Waals surface area contributed by atoms with Gasteiger partial charge in [0.1, 0.15) is 6.61 Å². The zero-order valence-electron chi connectivity index (χ0n) is 15.0. The molecule has 1 amide bonds. The van der Waals surface area contributed by atoms with Crippen LogP contribution in [0.5, 0.6) is 11.5 Å². The van der Waals surface area contributed by atoms with E-state index in [1.807, 2.05) is 48.5 Å². The molecular formula is C21H18N4O3. The maximum atomic E-state index is 12.6. The molecule has 5 rings (SSSR count). The summed E-state index contributed by atoms with van der Waals surface area (Å²) in [5.74, 6) is 1.31. The topological polar surface area (TPSA) is 81.2 Å². The summed E-state index contributed by atoms with van der Waals surface area (Å²) in [5.41, 5.74) is 2.16. The van der Waals surface area contributed by atoms with Crippen LogP contribution in [0, 0.1) is 0 Å². The minimum absolute atomic E-state index is 0.146. The summed E-state index contributed by atoms with van der Waals surface area (Å²) in [4.78, 5) is 15.7. The first-order valence-corrected chi connectivity index (χ1v) is 9.05. The van der Waals surface area contributed by atoms with E-state index in [1.54, 1.807) is 23.3 Å². The molecule has 2 N–H and O–H groups in total. The van der Waals surface area contributed by atoms with Gasteiger partial charge < -0.3 is 19.8 Å². The lowest BCUT2D eigenvalue weighted by Gasteiger charge is -2.26. The number of hydrogen-bond acceptors (Lipinski definition) is 4. The van der Waals surface area contributed by atoms with Crippen LogP contribution in [0.1, 0.15) is 10.4 Å². The van der Waals surface area contributed by atoms with E-state index in [-0.39, 0.29) is 12.0 Å². The van der Waals surface area contributed by atoms with Crippen LogP contribution in [0.2, 0.25) is 0 Å². The first-order chi connectivity index (χ1) is 13.8. The van der Waals surface area contributed by atoms with E-state index in [0.717, 1.165) is 22.4 Å². The Balaban J connectivity index is 1.26. The second-order valence-corrected chi connectivity index (χ2v) is 6.65. The molecule has 0 bridgehead atoms. The predicted octanol–water partition coefficient (Wildman–Crippen LogP) is 3.46. The lowest BCUT2D eigenvalue weighted by atomic mass is 10.1. The number of carbonyl (C=O) groups excluding carboxylic acids is 1. The number of anilines is 1. The van der Waals surface area contributed by atoms with E-state index in [2.05, 4.69) is 15.4 Å². The van der Waals surface area contributed by atoms with Gasteiger partial charge in [0.25, 0.3) is 5.91 Å². The molecule has 2 aromatic heterocycles. The molecular weight excluding hydrogens is 356 g/mol. The van der Waals surface area contributed by atoms with Crippen LogP contribution in [0.25, 0.3) is 10.9 Å². The van der Waals surface area contributed by atoms with Crippen molar-refractivity contribution in [1.29, 1.82) is 0 Å². The first-order valence-electron chi connectivity index (χ1n) is 9.05. The zero-order valence-corrected chi connectivity index (χ0v) is 15.0. The molecule has 0 aliphatic carbocycles. The molecule has 1 aliphatic rings. The van der Waals surface area contributed by atoms with Gasteiger partial charge in [0.05, 0.1) is 24.0 Å². The standard InChI is InChI=1S/C21H18N4O3/c26-21(17-10-22-18-6-2-1-5-16(17)18)24-14-9-23-25(11-14)12-15-13-27-19-7-3-4-8-20(19)28-15/h1-11,15,22H,12-13H2,(H,24,26)/t15-/m1/s1. The van der Waals surface area contributed by atoms with Crippen molar-refractivity contribution in [2.75, 3.05) is 11.9 Å². The minimum atomic E-state index is -0.178. The van der Waals surface area contributed by atoms with Gasteiger partial charge in [0, 0.05) is 23.3 Å². The van der Waals surface area contributed by atoms with Crippen LogP contribution in [-0.4, -0.2) is 33.4 Å². The van der Waals surface area contributed by atoms with Gasteiger partial charge in [0.15, 0.2) is 17.6 Å². The number of nitrogens with zero attached hydrogens (tertiary/aromatic N) is 2. The quantitative estimate of drug-likeness (QED) is 0.573. The molecule has 0 spiro atoms. The number of rotatable bonds is 4. The largest absolute Gasteiger partial charge is 0.486 e. The molecule has 0 radical (unpaired) electrons. The zero-order chi connectivity index (χ0) is 18.9. The molecule has 0 unspecified atom stereocenters. The number of para-hydroxylation sites is 3. The first kappa shape index (κ1) is 16.4. The number of benzene rings is 2. The van der Waals surface area contributed by atoms with Crippen LogP contribution in [0.3, 0.4) is 0 Å². The third-order valence-corrected chi connectivity index (χ3v) is 4.68. The summed E-state index contributed by atoms with van der Waals surface area (Å²) in [6, 6.07) is 15.3. The lowest BCUT2D eigenvalue weighted by Crippen LogP contribution is -2.33. The molecule has 1 atom stereocenters. The number of H-pyrrole nitrogens is 1. The van der Waals surface area contributed by atoms with E-state index >= 15 is 0 Å². The molecule has 28 heavy (non-hydrogen) atoms. The van der Waals surface area contributed by atoms with E-state index in [9.17, 15) is 4.79 Å². The average molecular weight is 374 g/mol. The SMILES string of the molecule is O=C(Nc1cnn(C[C@@H]2COc3ccccc3O2)c1)c1c[nH]c2ccccc12. The van der Waals surface area contributed by atoms with Crippen molar-refractivity contribution in [1.82, 2.24) is 14.8 Å². The molecule has 1 aliphatic heterocycles. The van der Waals surface area contributed by atoms with Crippen LogP contribution in [0.4, 0.5) is 5.69 Å².